The van der Waals surface area contributed by atoms with E-state index in [2.05, 4.69) is 12.1 Å². The lowest BCUT2D eigenvalue weighted by Gasteiger charge is -2.13. The van der Waals surface area contributed by atoms with Gasteiger partial charge in [0.1, 0.15) is 0 Å². The molecule has 2 N–H and O–H groups in total. The molecule has 3 heteroatoms. The van der Waals surface area contributed by atoms with E-state index in [1.54, 1.807) is 7.11 Å². The predicted molar refractivity (Wildman–Crippen MR) is 55.1 cm³/mol. The summed E-state index contributed by atoms with van der Waals surface area (Å²) in [6, 6.07) is 8.33. The highest BCUT2D eigenvalue weighted by Crippen LogP contribution is 2.30. The summed E-state index contributed by atoms with van der Waals surface area (Å²) in [6.45, 7) is 0. The van der Waals surface area contributed by atoms with Crippen LogP contribution >= 0.6 is 12.4 Å². The molecular weight excluding hydrogens is 186 g/mol. The van der Waals surface area contributed by atoms with Crippen molar-refractivity contribution in [3.05, 3.63) is 35.4 Å². The van der Waals surface area contributed by atoms with Gasteiger partial charge in [-0.3, -0.25) is 0 Å². The number of rotatable bonds is 1. The van der Waals surface area contributed by atoms with Crippen molar-refractivity contribution >= 4 is 12.4 Å². The van der Waals surface area contributed by atoms with Crippen molar-refractivity contribution in [2.75, 3.05) is 7.11 Å². The molecule has 1 aromatic rings. The van der Waals surface area contributed by atoms with Gasteiger partial charge in [-0.15, -0.1) is 12.4 Å². The van der Waals surface area contributed by atoms with Gasteiger partial charge >= 0.3 is 0 Å². The molecule has 0 aliphatic heterocycles. The fourth-order valence-corrected chi connectivity index (χ4v) is 1.82. The van der Waals surface area contributed by atoms with Crippen molar-refractivity contribution in [2.45, 2.75) is 18.6 Å². The number of hydrogen-bond acceptors (Lipinski definition) is 2. The SMILES string of the molecule is COC1Cc2ccccc2C1N.Cl. The van der Waals surface area contributed by atoms with Crippen molar-refractivity contribution in [1.29, 1.82) is 0 Å². The molecule has 1 aromatic carbocycles. The molecule has 0 amide bonds. The summed E-state index contributed by atoms with van der Waals surface area (Å²) >= 11 is 0. The number of ether oxygens (including phenoxy) is 1. The van der Waals surface area contributed by atoms with E-state index < -0.39 is 0 Å². The Labute approximate surface area is 84.5 Å². The van der Waals surface area contributed by atoms with Crippen molar-refractivity contribution in [3.8, 4) is 0 Å². The van der Waals surface area contributed by atoms with Crippen LogP contribution in [-0.2, 0) is 11.2 Å². The van der Waals surface area contributed by atoms with E-state index >= 15 is 0 Å². The molecular formula is C10H14ClNO. The lowest BCUT2D eigenvalue weighted by molar-refractivity contribution is 0.0907. The Morgan fingerprint density at radius 1 is 1.38 bits per heavy atom. The maximum absolute atomic E-state index is 5.98. The van der Waals surface area contributed by atoms with E-state index in [-0.39, 0.29) is 24.6 Å². The lowest BCUT2D eigenvalue weighted by atomic mass is 10.1. The minimum Gasteiger partial charge on any atom is -0.379 e. The molecule has 13 heavy (non-hydrogen) atoms. The van der Waals surface area contributed by atoms with E-state index in [0.717, 1.165) is 6.42 Å². The topological polar surface area (TPSA) is 35.2 Å². The van der Waals surface area contributed by atoms with Crippen molar-refractivity contribution in [3.63, 3.8) is 0 Å². The Morgan fingerprint density at radius 3 is 2.69 bits per heavy atom. The van der Waals surface area contributed by atoms with Crippen LogP contribution in [0.1, 0.15) is 17.2 Å². The van der Waals surface area contributed by atoms with Crippen molar-refractivity contribution in [1.82, 2.24) is 0 Å². The Hall–Kier alpha value is -0.570. The first-order valence-electron chi connectivity index (χ1n) is 4.19. The second kappa shape index (κ2) is 4.09. The van der Waals surface area contributed by atoms with Gasteiger partial charge in [-0.1, -0.05) is 24.3 Å². The van der Waals surface area contributed by atoms with E-state index in [4.69, 9.17) is 10.5 Å². The molecule has 0 bridgehead atoms. The highest BCUT2D eigenvalue weighted by molar-refractivity contribution is 5.85. The summed E-state index contributed by atoms with van der Waals surface area (Å²) in [4.78, 5) is 0. The third-order valence-electron chi connectivity index (χ3n) is 2.54. The Morgan fingerprint density at radius 2 is 2.08 bits per heavy atom. The van der Waals surface area contributed by atoms with Gasteiger partial charge in [0, 0.05) is 13.5 Å². The molecule has 0 heterocycles. The summed E-state index contributed by atoms with van der Waals surface area (Å²) in [5.41, 5.74) is 8.55. The normalized spacial score (nSPS) is 25.1. The minimum atomic E-state index is 0. The van der Waals surface area contributed by atoms with Crippen LogP contribution in [0.15, 0.2) is 24.3 Å². The molecule has 0 spiro atoms. The monoisotopic (exact) mass is 199 g/mol. The summed E-state index contributed by atoms with van der Waals surface area (Å²) < 4.78 is 5.28. The molecule has 0 radical (unpaired) electrons. The zero-order valence-electron chi connectivity index (χ0n) is 7.57. The summed E-state index contributed by atoms with van der Waals surface area (Å²) in [5, 5.41) is 0. The lowest BCUT2D eigenvalue weighted by Crippen LogP contribution is -2.23. The molecule has 2 rings (SSSR count). The number of hydrogen-bond donors (Lipinski definition) is 1. The van der Waals surface area contributed by atoms with Gasteiger partial charge in [0.25, 0.3) is 0 Å². The van der Waals surface area contributed by atoms with Gasteiger partial charge in [-0.25, -0.2) is 0 Å². The second-order valence-corrected chi connectivity index (χ2v) is 3.20. The zero-order chi connectivity index (χ0) is 8.55. The standard InChI is InChI=1S/C10H13NO.ClH/c1-12-9-6-7-4-2-3-5-8(7)10(9)11;/h2-5,9-10H,6,11H2,1H3;1H. The maximum Gasteiger partial charge on any atom is 0.0804 e. The maximum atomic E-state index is 5.98. The smallest absolute Gasteiger partial charge is 0.0804 e. The number of halogens is 1. The quantitative estimate of drug-likeness (QED) is 0.747. The highest BCUT2D eigenvalue weighted by atomic mass is 35.5. The number of methoxy groups -OCH3 is 1. The third-order valence-corrected chi connectivity index (χ3v) is 2.54. The molecule has 0 fully saturated rings. The molecule has 1 aliphatic rings. The van der Waals surface area contributed by atoms with E-state index in [1.807, 2.05) is 12.1 Å². The van der Waals surface area contributed by atoms with E-state index in [0.29, 0.717) is 0 Å². The van der Waals surface area contributed by atoms with Gasteiger partial charge in [-0.05, 0) is 11.1 Å². The average molecular weight is 200 g/mol. The van der Waals surface area contributed by atoms with E-state index in [1.165, 1.54) is 11.1 Å². The highest BCUT2D eigenvalue weighted by Gasteiger charge is 2.28. The fraction of sp³-hybridized carbons (Fsp3) is 0.400. The van der Waals surface area contributed by atoms with Crippen LogP contribution in [-0.4, -0.2) is 13.2 Å². The van der Waals surface area contributed by atoms with E-state index in [9.17, 15) is 0 Å². The molecule has 2 unspecified atom stereocenters. The number of benzene rings is 1. The van der Waals surface area contributed by atoms with Gasteiger partial charge in [-0.2, -0.15) is 0 Å². The number of nitrogens with two attached hydrogens (primary N) is 1. The summed E-state index contributed by atoms with van der Waals surface area (Å²) in [5.74, 6) is 0. The predicted octanol–water partition coefficient (Wildman–Crippen LogP) is 1.68. The van der Waals surface area contributed by atoms with Crippen molar-refractivity contribution in [2.24, 2.45) is 5.73 Å². The molecule has 0 saturated carbocycles. The molecule has 0 saturated heterocycles. The summed E-state index contributed by atoms with van der Waals surface area (Å²) in [6.07, 6.45) is 1.12. The minimum absolute atomic E-state index is 0. The molecule has 0 aromatic heterocycles. The van der Waals surface area contributed by atoms with Crippen LogP contribution in [0.25, 0.3) is 0 Å². The first kappa shape index (κ1) is 10.5. The van der Waals surface area contributed by atoms with Gasteiger partial charge < -0.3 is 10.5 Å². The average Bonchev–Trinajstić information content (AvgIpc) is 2.44. The largest absolute Gasteiger partial charge is 0.379 e. The Kier molecular flexibility index (Phi) is 3.31. The summed E-state index contributed by atoms with van der Waals surface area (Å²) in [7, 11) is 1.72. The van der Waals surface area contributed by atoms with Gasteiger partial charge in [0.2, 0.25) is 0 Å². The number of fused-ring (bicyclic) bond motifs is 1. The van der Waals surface area contributed by atoms with Crippen LogP contribution in [0.4, 0.5) is 0 Å². The Bertz CT molecular complexity index is 290. The molecule has 2 nitrogen and oxygen atoms in total. The first-order chi connectivity index (χ1) is 5.83. The second-order valence-electron chi connectivity index (χ2n) is 3.20. The van der Waals surface area contributed by atoms with Crippen LogP contribution < -0.4 is 5.73 Å². The fourth-order valence-electron chi connectivity index (χ4n) is 1.82. The third kappa shape index (κ3) is 1.70. The van der Waals surface area contributed by atoms with Crippen LogP contribution in [0.3, 0.4) is 0 Å². The van der Waals surface area contributed by atoms with Gasteiger partial charge in [0.15, 0.2) is 0 Å². The van der Waals surface area contributed by atoms with Crippen LogP contribution in [0, 0.1) is 0 Å². The van der Waals surface area contributed by atoms with Crippen LogP contribution in [0.5, 0.6) is 0 Å². The van der Waals surface area contributed by atoms with Crippen molar-refractivity contribution < 1.29 is 4.74 Å². The molecule has 2 atom stereocenters. The van der Waals surface area contributed by atoms with Crippen LogP contribution in [0.2, 0.25) is 0 Å². The zero-order valence-corrected chi connectivity index (χ0v) is 8.38. The van der Waals surface area contributed by atoms with Gasteiger partial charge in [0.05, 0.1) is 12.1 Å². The molecule has 1 aliphatic carbocycles. The first-order valence-corrected chi connectivity index (χ1v) is 4.19. The molecule has 72 valence electrons. The Balaban J connectivity index is 0.000000845.